The van der Waals surface area contributed by atoms with Crippen molar-refractivity contribution in [2.24, 2.45) is 0 Å². The summed E-state index contributed by atoms with van der Waals surface area (Å²) in [6.45, 7) is 11.2. The molecule has 0 bridgehead atoms. The zero-order valence-electron chi connectivity index (χ0n) is 16.6. The zero-order chi connectivity index (χ0) is 19.7. The Hall–Kier alpha value is -2.64. The van der Waals surface area contributed by atoms with Crippen LogP contribution in [0.1, 0.15) is 51.4 Å². The Kier molecular flexibility index (Phi) is 5.34. The number of rotatable bonds is 4. The van der Waals surface area contributed by atoms with Gasteiger partial charge in [0.1, 0.15) is 11.3 Å². The van der Waals surface area contributed by atoms with Crippen LogP contribution in [0.3, 0.4) is 0 Å². The smallest absolute Gasteiger partial charge is 0.255 e. The number of amides is 2. The fourth-order valence-corrected chi connectivity index (χ4v) is 3.53. The van der Waals surface area contributed by atoms with Crippen LogP contribution in [0, 0.1) is 0 Å². The van der Waals surface area contributed by atoms with Gasteiger partial charge in [-0.15, -0.1) is 0 Å². The number of aromatic amines is 1. The lowest BCUT2D eigenvalue weighted by atomic mass is 10.1. The van der Waals surface area contributed by atoms with Crippen molar-refractivity contribution in [2.45, 2.75) is 59.2 Å². The molecule has 8 nitrogen and oxygen atoms in total. The maximum absolute atomic E-state index is 12.4. The van der Waals surface area contributed by atoms with E-state index in [1.165, 1.54) is 0 Å². The number of nitrogens with zero attached hydrogens (tertiary/aromatic N) is 4. The number of H-pyrrole nitrogens is 1. The van der Waals surface area contributed by atoms with Crippen molar-refractivity contribution in [1.82, 2.24) is 25.2 Å². The highest BCUT2D eigenvalue weighted by Crippen LogP contribution is 2.24. The predicted molar refractivity (Wildman–Crippen MR) is 105 cm³/mol. The molecule has 8 heteroatoms. The fourth-order valence-electron chi connectivity index (χ4n) is 3.53. The summed E-state index contributed by atoms with van der Waals surface area (Å²) in [5.41, 5.74) is 1.65. The number of hydrogen-bond acceptors (Lipinski definition) is 5. The predicted octanol–water partition coefficient (Wildman–Crippen LogP) is 1.93. The summed E-state index contributed by atoms with van der Waals surface area (Å²) in [4.78, 5) is 40.9. The number of aromatic nitrogens is 3. The minimum Gasteiger partial charge on any atom is -0.350 e. The van der Waals surface area contributed by atoms with E-state index in [4.69, 9.17) is 4.98 Å². The maximum Gasteiger partial charge on any atom is 0.255 e. The van der Waals surface area contributed by atoms with Crippen molar-refractivity contribution < 1.29 is 9.59 Å². The van der Waals surface area contributed by atoms with Gasteiger partial charge in [-0.1, -0.05) is 6.92 Å². The van der Waals surface area contributed by atoms with Gasteiger partial charge in [0.05, 0.1) is 11.8 Å². The lowest BCUT2D eigenvalue weighted by Crippen LogP contribution is -2.58. The van der Waals surface area contributed by atoms with Crippen LogP contribution in [0.2, 0.25) is 0 Å². The van der Waals surface area contributed by atoms with Crippen LogP contribution in [0.15, 0.2) is 12.4 Å². The zero-order valence-corrected chi connectivity index (χ0v) is 16.6. The summed E-state index contributed by atoms with van der Waals surface area (Å²) in [6.07, 6.45) is 3.89. The average Bonchev–Trinajstić information content (AvgIpc) is 3.05. The molecule has 1 fully saturated rings. The van der Waals surface area contributed by atoms with E-state index < -0.39 is 0 Å². The largest absolute Gasteiger partial charge is 0.350 e. The molecule has 27 heavy (non-hydrogen) atoms. The summed E-state index contributed by atoms with van der Waals surface area (Å²) in [7, 11) is 0. The molecular formula is C19H28N6O2. The number of fused-ring (bicyclic) bond motifs is 1. The Balaban J connectivity index is 1.89. The molecule has 0 spiro atoms. The van der Waals surface area contributed by atoms with E-state index in [0.717, 1.165) is 5.82 Å². The van der Waals surface area contributed by atoms with Gasteiger partial charge in [0, 0.05) is 43.8 Å². The molecule has 2 amide bonds. The molecule has 146 valence electrons. The Morgan fingerprint density at radius 2 is 2.04 bits per heavy atom. The van der Waals surface area contributed by atoms with E-state index in [-0.39, 0.29) is 29.9 Å². The third-order valence-electron chi connectivity index (χ3n) is 4.94. The highest BCUT2D eigenvalue weighted by atomic mass is 16.2. The van der Waals surface area contributed by atoms with Gasteiger partial charge in [-0.3, -0.25) is 9.59 Å². The maximum atomic E-state index is 12.4. The highest BCUT2D eigenvalue weighted by Gasteiger charge is 2.32. The Labute approximate surface area is 159 Å². The van der Waals surface area contributed by atoms with Gasteiger partial charge in [-0.25, -0.2) is 9.97 Å². The van der Waals surface area contributed by atoms with Crippen LogP contribution in [-0.2, 0) is 4.79 Å². The molecule has 2 aromatic heterocycles. The second kappa shape index (κ2) is 7.54. The highest BCUT2D eigenvalue weighted by molar-refractivity contribution is 6.04. The van der Waals surface area contributed by atoms with Gasteiger partial charge < -0.3 is 20.1 Å². The van der Waals surface area contributed by atoms with Gasteiger partial charge >= 0.3 is 0 Å². The van der Waals surface area contributed by atoms with Crippen LogP contribution in [0.25, 0.3) is 11.2 Å². The van der Waals surface area contributed by atoms with Crippen molar-refractivity contribution in [1.29, 1.82) is 0 Å². The number of piperazine rings is 1. The van der Waals surface area contributed by atoms with Gasteiger partial charge in [0.15, 0.2) is 5.65 Å². The molecule has 1 aliphatic heterocycles. The molecule has 0 aliphatic carbocycles. The van der Waals surface area contributed by atoms with Crippen molar-refractivity contribution >= 4 is 28.8 Å². The summed E-state index contributed by atoms with van der Waals surface area (Å²) in [6, 6.07) is 0.264. The molecule has 0 radical (unpaired) electrons. The van der Waals surface area contributed by atoms with E-state index in [1.807, 2.05) is 25.7 Å². The van der Waals surface area contributed by atoms with Crippen molar-refractivity contribution in [2.75, 3.05) is 18.0 Å². The lowest BCUT2D eigenvalue weighted by Gasteiger charge is -2.44. The molecular weight excluding hydrogens is 344 g/mol. The Morgan fingerprint density at radius 3 is 2.70 bits per heavy atom. The minimum absolute atomic E-state index is 0.0450. The molecule has 0 aromatic carbocycles. The van der Waals surface area contributed by atoms with Crippen LogP contribution in [0.5, 0.6) is 0 Å². The first-order valence-electron chi connectivity index (χ1n) is 9.52. The van der Waals surface area contributed by atoms with E-state index in [2.05, 4.69) is 34.0 Å². The number of nitrogens with one attached hydrogen (secondary N) is 2. The molecule has 2 atom stereocenters. The van der Waals surface area contributed by atoms with Crippen molar-refractivity contribution in [3.05, 3.63) is 18.0 Å². The molecule has 3 heterocycles. The molecule has 0 saturated carbocycles. The third kappa shape index (κ3) is 3.74. The summed E-state index contributed by atoms with van der Waals surface area (Å²) in [5.74, 6) is 0.736. The monoisotopic (exact) mass is 372 g/mol. The van der Waals surface area contributed by atoms with Crippen LogP contribution >= 0.6 is 0 Å². The average molecular weight is 372 g/mol. The number of carbonyl (C=O) groups is 2. The molecule has 2 N–H and O–H groups in total. The normalized spacial score (nSPS) is 20.4. The summed E-state index contributed by atoms with van der Waals surface area (Å²) >= 11 is 0. The quantitative estimate of drug-likeness (QED) is 0.855. The van der Waals surface area contributed by atoms with Crippen LogP contribution in [0.4, 0.5) is 5.82 Å². The Morgan fingerprint density at radius 1 is 1.30 bits per heavy atom. The second-order valence-corrected chi connectivity index (χ2v) is 7.51. The molecule has 2 aromatic rings. The van der Waals surface area contributed by atoms with Gasteiger partial charge in [0.25, 0.3) is 5.91 Å². The third-order valence-corrected chi connectivity index (χ3v) is 4.94. The molecule has 1 aliphatic rings. The van der Waals surface area contributed by atoms with Crippen molar-refractivity contribution in [3.8, 4) is 0 Å². The van der Waals surface area contributed by atoms with Crippen LogP contribution in [-0.4, -0.2) is 62.9 Å². The van der Waals surface area contributed by atoms with Gasteiger partial charge in [-0.05, 0) is 27.7 Å². The lowest BCUT2D eigenvalue weighted by molar-refractivity contribution is -0.133. The molecule has 0 unspecified atom stereocenters. The first-order chi connectivity index (χ1) is 12.8. The van der Waals surface area contributed by atoms with Gasteiger partial charge in [0.2, 0.25) is 5.91 Å². The first kappa shape index (κ1) is 19.1. The topological polar surface area (TPSA) is 94.2 Å². The standard InChI is InChI=1S/C19H28N6O2/c1-6-16(26)25-10-12(4)24(9-13(25)5)15-8-21-18-17(23-15)14(7-20-18)19(27)22-11(2)3/h7-8,11-13H,6,9-10H2,1-5H3,(H,20,21)(H,22,27)/t12-,13-/m0/s1. The number of hydrogen-bond donors (Lipinski definition) is 2. The first-order valence-corrected chi connectivity index (χ1v) is 9.52. The van der Waals surface area contributed by atoms with Gasteiger partial charge in [-0.2, -0.15) is 0 Å². The van der Waals surface area contributed by atoms with E-state index in [1.54, 1.807) is 12.4 Å². The van der Waals surface area contributed by atoms with E-state index >= 15 is 0 Å². The van der Waals surface area contributed by atoms with Crippen molar-refractivity contribution in [3.63, 3.8) is 0 Å². The number of carbonyl (C=O) groups excluding carboxylic acids is 2. The molecule has 1 saturated heterocycles. The SMILES string of the molecule is CCC(=O)N1C[C@H](C)N(c2cnc3[nH]cc(C(=O)NC(C)C)c3n2)C[C@@H]1C. The van der Waals surface area contributed by atoms with E-state index in [0.29, 0.717) is 36.2 Å². The summed E-state index contributed by atoms with van der Waals surface area (Å²) < 4.78 is 0. The number of anilines is 1. The van der Waals surface area contributed by atoms with Crippen LogP contribution < -0.4 is 10.2 Å². The summed E-state index contributed by atoms with van der Waals surface area (Å²) in [5, 5.41) is 2.89. The van der Waals surface area contributed by atoms with E-state index in [9.17, 15) is 9.59 Å². The Bertz CT molecular complexity index is 846. The second-order valence-electron chi connectivity index (χ2n) is 7.51. The fraction of sp³-hybridized carbons (Fsp3) is 0.579. The molecule has 3 rings (SSSR count). The minimum atomic E-state index is -0.164.